The van der Waals surface area contributed by atoms with Crippen molar-refractivity contribution >= 4 is 5.91 Å². The summed E-state index contributed by atoms with van der Waals surface area (Å²) in [5, 5.41) is 2.61. The molecule has 0 saturated carbocycles. The first-order valence-electron chi connectivity index (χ1n) is 4.61. The molecule has 1 N–H and O–H groups in total. The summed E-state index contributed by atoms with van der Waals surface area (Å²) in [6.45, 7) is 1.56. The Kier molecular flexibility index (Phi) is 4.20. The van der Waals surface area contributed by atoms with Crippen LogP contribution in [0.15, 0.2) is 12.5 Å². The molecule has 0 unspecified atom stereocenters. The van der Waals surface area contributed by atoms with E-state index in [-0.39, 0.29) is 12.5 Å². The summed E-state index contributed by atoms with van der Waals surface area (Å²) < 4.78 is 25.3. The smallest absolute Gasteiger partial charge is 0.256 e. The number of alkyl halides is 2. The van der Waals surface area contributed by atoms with E-state index in [2.05, 4.69) is 10.3 Å². The fourth-order valence-electron chi connectivity index (χ4n) is 1.16. The summed E-state index contributed by atoms with van der Waals surface area (Å²) >= 11 is 0. The summed E-state index contributed by atoms with van der Waals surface area (Å²) in [6.07, 6.45) is 1.11. The SMILES string of the molecule is CC(=O)NCCc1cn(CC(F)F)cn1. The standard InChI is InChI=1S/C9H13F2N3O/c1-7(15)12-3-2-8-4-14(6-13-8)5-9(10)11/h4,6,9H,2-3,5H2,1H3,(H,12,15). The maximum atomic E-state index is 12.0. The zero-order valence-electron chi connectivity index (χ0n) is 8.41. The lowest BCUT2D eigenvalue weighted by atomic mass is 10.3. The van der Waals surface area contributed by atoms with Gasteiger partial charge in [0.15, 0.2) is 0 Å². The molecule has 4 nitrogen and oxygen atoms in total. The lowest BCUT2D eigenvalue weighted by molar-refractivity contribution is -0.118. The summed E-state index contributed by atoms with van der Waals surface area (Å²) in [5.74, 6) is -0.109. The molecule has 84 valence electrons. The average molecular weight is 217 g/mol. The number of rotatable bonds is 5. The molecule has 0 aliphatic heterocycles. The Morgan fingerprint density at radius 3 is 3.00 bits per heavy atom. The number of amides is 1. The highest BCUT2D eigenvalue weighted by Gasteiger charge is 2.05. The Morgan fingerprint density at radius 1 is 1.67 bits per heavy atom. The van der Waals surface area contributed by atoms with E-state index >= 15 is 0 Å². The van der Waals surface area contributed by atoms with Crippen molar-refractivity contribution < 1.29 is 13.6 Å². The van der Waals surface area contributed by atoms with Gasteiger partial charge < -0.3 is 9.88 Å². The normalized spacial score (nSPS) is 10.7. The van der Waals surface area contributed by atoms with E-state index in [9.17, 15) is 13.6 Å². The van der Waals surface area contributed by atoms with Crippen molar-refractivity contribution in [3.8, 4) is 0 Å². The van der Waals surface area contributed by atoms with Crippen LogP contribution in [0.25, 0.3) is 0 Å². The van der Waals surface area contributed by atoms with Gasteiger partial charge in [-0.05, 0) is 0 Å². The van der Waals surface area contributed by atoms with Crippen LogP contribution >= 0.6 is 0 Å². The Hall–Kier alpha value is -1.46. The third-order valence-electron chi connectivity index (χ3n) is 1.79. The first kappa shape index (κ1) is 11.6. The van der Waals surface area contributed by atoms with Crippen LogP contribution < -0.4 is 5.32 Å². The fourth-order valence-corrected chi connectivity index (χ4v) is 1.16. The van der Waals surface area contributed by atoms with Gasteiger partial charge in [0.1, 0.15) is 0 Å². The molecule has 0 saturated heterocycles. The second-order valence-corrected chi connectivity index (χ2v) is 3.19. The third kappa shape index (κ3) is 4.53. The van der Waals surface area contributed by atoms with Gasteiger partial charge in [-0.15, -0.1) is 0 Å². The minimum absolute atomic E-state index is 0.109. The summed E-state index contributed by atoms with van der Waals surface area (Å²) in [5.41, 5.74) is 0.699. The number of nitrogens with zero attached hydrogens (tertiary/aromatic N) is 2. The molecule has 0 aromatic carbocycles. The number of halogens is 2. The second-order valence-electron chi connectivity index (χ2n) is 3.19. The minimum atomic E-state index is -2.37. The van der Waals surface area contributed by atoms with Crippen LogP contribution in [-0.4, -0.2) is 28.4 Å². The van der Waals surface area contributed by atoms with E-state index in [1.165, 1.54) is 17.8 Å². The van der Waals surface area contributed by atoms with Gasteiger partial charge >= 0.3 is 0 Å². The van der Waals surface area contributed by atoms with Gasteiger partial charge in [0, 0.05) is 26.1 Å². The van der Waals surface area contributed by atoms with Gasteiger partial charge in [-0.1, -0.05) is 0 Å². The van der Waals surface area contributed by atoms with Gasteiger partial charge in [-0.2, -0.15) is 0 Å². The van der Waals surface area contributed by atoms with E-state index in [1.54, 1.807) is 6.20 Å². The average Bonchev–Trinajstić information content (AvgIpc) is 2.50. The van der Waals surface area contributed by atoms with E-state index in [0.717, 1.165) is 0 Å². The minimum Gasteiger partial charge on any atom is -0.356 e. The molecule has 0 spiro atoms. The monoisotopic (exact) mass is 217 g/mol. The Morgan fingerprint density at radius 2 is 2.40 bits per heavy atom. The Bertz CT molecular complexity index is 325. The molecule has 15 heavy (non-hydrogen) atoms. The zero-order chi connectivity index (χ0) is 11.3. The van der Waals surface area contributed by atoms with Crippen LogP contribution in [-0.2, 0) is 17.8 Å². The molecule has 1 heterocycles. The van der Waals surface area contributed by atoms with Crippen LogP contribution in [0, 0.1) is 0 Å². The first-order chi connectivity index (χ1) is 7.08. The molecule has 0 radical (unpaired) electrons. The van der Waals surface area contributed by atoms with Crippen molar-refractivity contribution in [2.24, 2.45) is 0 Å². The van der Waals surface area contributed by atoms with Crippen LogP contribution in [0.1, 0.15) is 12.6 Å². The number of imidazole rings is 1. The topological polar surface area (TPSA) is 46.9 Å². The Labute approximate surface area is 86.3 Å². The maximum absolute atomic E-state index is 12.0. The first-order valence-corrected chi connectivity index (χ1v) is 4.61. The third-order valence-corrected chi connectivity index (χ3v) is 1.79. The quantitative estimate of drug-likeness (QED) is 0.794. The maximum Gasteiger partial charge on any atom is 0.256 e. The van der Waals surface area contributed by atoms with Crippen LogP contribution in [0.4, 0.5) is 8.78 Å². The number of hydrogen-bond donors (Lipinski definition) is 1. The molecule has 1 rings (SSSR count). The highest BCUT2D eigenvalue weighted by atomic mass is 19.3. The van der Waals surface area contributed by atoms with Crippen LogP contribution in [0.2, 0.25) is 0 Å². The van der Waals surface area contributed by atoms with Gasteiger partial charge in [-0.25, -0.2) is 13.8 Å². The van der Waals surface area contributed by atoms with Crippen molar-refractivity contribution in [3.63, 3.8) is 0 Å². The lowest BCUT2D eigenvalue weighted by Crippen LogP contribution is -2.22. The molecule has 0 bridgehead atoms. The van der Waals surface area contributed by atoms with E-state index in [0.29, 0.717) is 18.7 Å². The van der Waals surface area contributed by atoms with Crippen molar-refractivity contribution in [2.75, 3.05) is 6.54 Å². The van der Waals surface area contributed by atoms with Crippen molar-refractivity contribution in [3.05, 3.63) is 18.2 Å². The van der Waals surface area contributed by atoms with Gasteiger partial charge in [0.2, 0.25) is 5.91 Å². The molecule has 1 aromatic rings. The summed E-state index contributed by atoms with van der Waals surface area (Å²) in [7, 11) is 0. The second kappa shape index (κ2) is 5.43. The van der Waals surface area contributed by atoms with Crippen LogP contribution in [0.3, 0.4) is 0 Å². The molecule has 1 amide bonds. The predicted octanol–water partition coefficient (Wildman–Crippen LogP) is 0.827. The molecular weight excluding hydrogens is 204 g/mol. The number of carbonyl (C=O) groups excluding carboxylic acids is 1. The molecule has 0 aliphatic rings. The van der Waals surface area contributed by atoms with Crippen LogP contribution in [0.5, 0.6) is 0 Å². The molecule has 1 aromatic heterocycles. The summed E-state index contributed by atoms with van der Waals surface area (Å²) in [4.78, 5) is 14.5. The Balaban J connectivity index is 2.36. The highest BCUT2D eigenvalue weighted by molar-refractivity contribution is 5.72. The number of carbonyl (C=O) groups is 1. The lowest BCUT2D eigenvalue weighted by Gasteiger charge is -1.99. The number of nitrogens with one attached hydrogen (secondary N) is 1. The molecule has 0 atom stereocenters. The van der Waals surface area contributed by atoms with Crippen molar-refractivity contribution in [2.45, 2.75) is 26.3 Å². The van der Waals surface area contributed by atoms with Crippen molar-refractivity contribution in [1.29, 1.82) is 0 Å². The van der Waals surface area contributed by atoms with Gasteiger partial charge in [0.25, 0.3) is 6.43 Å². The highest BCUT2D eigenvalue weighted by Crippen LogP contribution is 2.01. The fraction of sp³-hybridized carbons (Fsp3) is 0.556. The number of hydrogen-bond acceptors (Lipinski definition) is 2. The van der Waals surface area contributed by atoms with E-state index in [4.69, 9.17) is 0 Å². The molecule has 0 fully saturated rings. The van der Waals surface area contributed by atoms with E-state index < -0.39 is 6.43 Å². The molecular formula is C9H13F2N3O. The van der Waals surface area contributed by atoms with E-state index in [1.807, 2.05) is 0 Å². The molecule has 6 heteroatoms. The summed E-state index contributed by atoms with van der Waals surface area (Å²) in [6, 6.07) is 0. The largest absolute Gasteiger partial charge is 0.356 e. The predicted molar refractivity (Wildman–Crippen MR) is 50.6 cm³/mol. The number of aromatic nitrogens is 2. The van der Waals surface area contributed by atoms with Crippen molar-refractivity contribution in [1.82, 2.24) is 14.9 Å². The van der Waals surface area contributed by atoms with Gasteiger partial charge in [0.05, 0.1) is 18.6 Å². The zero-order valence-corrected chi connectivity index (χ0v) is 8.41. The molecule has 0 aliphatic carbocycles. The van der Waals surface area contributed by atoms with Gasteiger partial charge in [-0.3, -0.25) is 4.79 Å².